The van der Waals surface area contributed by atoms with E-state index in [-0.39, 0.29) is 5.91 Å². The average molecular weight is 249 g/mol. The Morgan fingerprint density at radius 3 is 2.17 bits per heavy atom. The SMILES string of the molecule is COc1ccc(OC2(C(N)=O)CCCCC2)cc1. The summed E-state index contributed by atoms with van der Waals surface area (Å²) >= 11 is 0. The topological polar surface area (TPSA) is 61.6 Å². The van der Waals surface area contributed by atoms with Gasteiger partial charge < -0.3 is 15.2 Å². The van der Waals surface area contributed by atoms with Crippen molar-refractivity contribution in [2.45, 2.75) is 37.7 Å². The molecule has 0 bridgehead atoms. The molecule has 1 saturated carbocycles. The minimum atomic E-state index is -0.827. The standard InChI is InChI=1S/C14H19NO3/c1-17-11-5-7-12(8-6-11)18-14(13(15)16)9-3-2-4-10-14/h5-8H,2-4,9-10H2,1H3,(H2,15,16). The third kappa shape index (κ3) is 2.58. The minimum absolute atomic E-state index is 0.363. The zero-order valence-electron chi connectivity index (χ0n) is 10.6. The van der Waals surface area contributed by atoms with Crippen molar-refractivity contribution >= 4 is 5.91 Å². The number of primary amides is 1. The summed E-state index contributed by atoms with van der Waals surface area (Å²) in [5, 5.41) is 0. The van der Waals surface area contributed by atoms with Crippen molar-refractivity contribution in [3.63, 3.8) is 0 Å². The molecule has 1 aromatic carbocycles. The lowest BCUT2D eigenvalue weighted by Gasteiger charge is -2.34. The van der Waals surface area contributed by atoms with Gasteiger partial charge in [0.2, 0.25) is 0 Å². The number of methoxy groups -OCH3 is 1. The monoisotopic (exact) mass is 249 g/mol. The molecule has 1 amide bonds. The molecule has 1 fully saturated rings. The van der Waals surface area contributed by atoms with E-state index in [1.807, 2.05) is 12.1 Å². The summed E-state index contributed by atoms with van der Waals surface area (Å²) in [7, 11) is 1.61. The first kappa shape index (κ1) is 12.7. The van der Waals surface area contributed by atoms with Crippen LogP contribution in [0.15, 0.2) is 24.3 Å². The third-order valence-electron chi connectivity index (χ3n) is 3.48. The normalized spacial score (nSPS) is 18.1. The fourth-order valence-corrected chi connectivity index (χ4v) is 2.39. The molecule has 2 N–H and O–H groups in total. The van der Waals surface area contributed by atoms with E-state index >= 15 is 0 Å². The van der Waals surface area contributed by atoms with E-state index in [9.17, 15) is 4.79 Å². The molecule has 0 radical (unpaired) electrons. The largest absolute Gasteiger partial charge is 0.497 e. The van der Waals surface area contributed by atoms with Gasteiger partial charge in [-0.25, -0.2) is 0 Å². The maximum absolute atomic E-state index is 11.7. The number of nitrogens with two attached hydrogens (primary N) is 1. The molecule has 18 heavy (non-hydrogen) atoms. The molecule has 1 aliphatic carbocycles. The molecule has 0 unspecified atom stereocenters. The Morgan fingerprint density at radius 1 is 1.11 bits per heavy atom. The predicted molar refractivity (Wildman–Crippen MR) is 68.6 cm³/mol. The molecule has 1 aliphatic rings. The maximum Gasteiger partial charge on any atom is 0.261 e. The molecular formula is C14H19NO3. The summed E-state index contributed by atoms with van der Waals surface area (Å²) in [5.74, 6) is 1.06. The number of rotatable bonds is 4. The van der Waals surface area contributed by atoms with E-state index in [0.29, 0.717) is 18.6 Å². The van der Waals surface area contributed by atoms with E-state index < -0.39 is 5.60 Å². The van der Waals surface area contributed by atoms with Crippen molar-refractivity contribution < 1.29 is 14.3 Å². The van der Waals surface area contributed by atoms with Crippen LogP contribution >= 0.6 is 0 Å². The highest BCUT2D eigenvalue weighted by Crippen LogP contribution is 2.33. The summed E-state index contributed by atoms with van der Waals surface area (Å²) in [6.07, 6.45) is 4.52. The average Bonchev–Trinajstić information content (AvgIpc) is 2.40. The second-order valence-corrected chi connectivity index (χ2v) is 4.70. The Hall–Kier alpha value is -1.71. The molecule has 0 heterocycles. The van der Waals surface area contributed by atoms with Gasteiger partial charge in [-0.3, -0.25) is 4.79 Å². The first-order valence-corrected chi connectivity index (χ1v) is 6.29. The lowest BCUT2D eigenvalue weighted by Crippen LogP contribution is -2.50. The van der Waals surface area contributed by atoms with E-state index in [0.717, 1.165) is 25.0 Å². The van der Waals surface area contributed by atoms with Crippen LogP contribution in [-0.4, -0.2) is 18.6 Å². The van der Waals surface area contributed by atoms with Crippen LogP contribution in [0.2, 0.25) is 0 Å². The van der Waals surface area contributed by atoms with Crippen LogP contribution in [0, 0.1) is 0 Å². The summed E-state index contributed by atoms with van der Waals surface area (Å²) in [6.45, 7) is 0. The smallest absolute Gasteiger partial charge is 0.261 e. The molecule has 98 valence electrons. The highest BCUT2D eigenvalue weighted by Gasteiger charge is 2.40. The van der Waals surface area contributed by atoms with Gasteiger partial charge in [0.25, 0.3) is 5.91 Å². The highest BCUT2D eigenvalue weighted by molar-refractivity contribution is 5.84. The van der Waals surface area contributed by atoms with Gasteiger partial charge in [-0.05, 0) is 49.9 Å². The van der Waals surface area contributed by atoms with Crippen molar-refractivity contribution in [2.24, 2.45) is 5.73 Å². The van der Waals surface area contributed by atoms with Crippen LogP contribution in [0.5, 0.6) is 11.5 Å². The van der Waals surface area contributed by atoms with Crippen molar-refractivity contribution in [3.8, 4) is 11.5 Å². The predicted octanol–water partition coefficient (Wildman–Crippen LogP) is 2.26. The zero-order valence-corrected chi connectivity index (χ0v) is 10.6. The van der Waals surface area contributed by atoms with Crippen LogP contribution in [0.1, 0.15) is 32.1 Å². The van der Waals surface area contributed by atoms with Gasteiger partial charge in [-0.2, -0.15) is 0 Å². The second kappa shape index (κ2) is 5.29. The van der Waals surface area contributed by atoms with Crippen LogP contribution < -0.4 is 15.2 Å². The Balaban J connectivity index is 2.15. The minimum Gasteiger partial charge on any atom is -0.497 e. The fourth-order valence-electron chi connectivity index (χ4n) is 2.39. The Labute approximate surface area is 107 Å². The zero-order chi connectivity index (χ0) is 13.0. The molecule has 0 aliphatic heterocycles. The van der Waals surface area contributed by atoms with Crippen LogP contribution in [0.25, 0.3) is 0 Å². The number of amides is 1. The van der Waals surface area contributed by atoms with E-state index in [4.69, 9.17) is 15.2 Å². The maximum atomic E-state index is 11.7. The Bertz CT molecular complexity index is 408. The number of benzene rings is 1. The second-order valence-electron chi connectivity index (χ2n) is 4.70. The lowest BCUT2D eigenvalue weighted by molar-refractivity contribution is -0.136. The lowest BCUT2D eigenvalue weighted by atomic mass is 9.84. The quantitative estimate of drug-likeness (QED) is 0.890. The van der Waals surface area contributed by atoms with E-state index in [2.05, 4.69) is 0 Å². The number of hydrogen-bond donors (Lipinski definition) is 1. The molecule has 2 rings (SSSR count). The molecule has 4 heteroatoms. The van der Waals surface area contributed by atoms with Gasteiger partial charge in [0, 0.05) is 0 Å². The van der Waals surface area contributed by atoms with Crippen LogP contribution in [-0.2, 0) is 4.79 Å². The molecule has 0 aromatic heterocycles. The first-order chi connectivity index (χ1) is 8.66. The van der Waals surface area contributed by atoms with Crippen molar-refractivity contribution in [1.29, 1.82) is 0 Å². The van der Waals surface area contributed by atoms with Crippen LogP contribution in [0.4, 0.5) is 0 Å². The number of hydrogen-bond acceptors (Lipinski definition) is 3. The van der Waals surface area contributed by atoms with Crippen molar-refractivity contribution in [1.82, 2.24) is 0 Å². The van der Waals surface area contributed by atoms with Crippen LogP contribution in [0.3, 0.4) is 0 Å². The highest BCUT2D eigenvalue weighted by atomic mass is 16.5. The van der Waals surface area contributed by atoms with Gasteiger partial charge in [0.1, 0.15) is 11.5 Å². The molecule has 0 atom stereocenters. The van der Waals surface area contributed by atoms with Crippen molar-refractivity contribution in [2.75, 3.05) is 7.11 Å². The van der Waals surface area contributed by atoms with Gasteiger partial charge in [0.05, 0.1) is 7.11 Å². The molecule has 0 spiro atoms. The van der Waals surface area contributed by atoms with Crippen molar-refractivity contribution in [3.05, 3.63) is 24.3 Å². The summed E-state index contributed by atoms with van der Waals surface area (Å²) in [4.78, 5) is 11.7. The number of ether oxygens (including phenoxy) is 2. The molecule has 4 nitrogen and oxygen atoms in total. The summed E-state index contributed by atoms with van der Waals surface area (Å²) < 4.78 is 11.0. The van der Waals surface area contributed by atoms with Gasteiger partial charge in [0.15, 0.2) is 5.60 Å². The Kier molecular flexibility index (Phi) is 3.75. The molecular weight excluding hydrogens is 230 g/mol. The van der Waals surface area contributed by atoms with Gasteiger partial charge in [-0.15, -0.1) is 0 Å². The third-order valence-corrected chi connectivity index (χ3v) is 3.48. The summed E-state index contributed by atoms with van der Waals surface area (Å²) in [6, 6.07) is 7.23. The Morgan fingerprint density at radius 2 is 1.67 bits per heavy atom. The van der Waals surface area contributed by atoms with Gasteiger partial charge in [-0.1, -0.05) is 6.42 Å². The van der Waals surface area contributed by atoms with E-state index in [1.54, 1.807) is 19.2 Å². The number of carbonyl (C=O) groups is 1. The van der Waals surface area contributed by atoms with Gasteiger partial charge >= 0.3 is 0 Å². The fraction of sp³-hybridized carbons (Fsp3) is 0.500. The first-order valence-electron chi connectivity index (χ1n) is 6.29. The molecule has 0 saturated heterocycles. The summed E-state index contributed by atoms with van der Waals surface area (Å²) in [5.41, 5.74) is 4.69. The number of carbonyl (C=O) groups excluding carboxylic acids is 1. The van der Waals surface area contributed by atoms with E-state index in [1.165, 1.54) is 0 Å². The molecule has 1 aromatic rings.